The molecule has 25 heavy (non-hydrogen) atoms. The molecular formula is C21H27FN2O. The number of ether oxygens (including phenoxy) is 1. The molecule has 1 heterocycles. The SMILES string of the molecule is Cc1cc([C@H](CF)N2CCNCC2)cc(C)c1OCc1ccccc1. The van der Waals surface area contributed by atoms with Crippen LogP contribution in [0.1, 0.15) is 28.3 Å². The number of nitrogens with zero attached hydrogens (tertiary/aromatic N) is 1. The van der Waals surface area contributed by atoms with Crippen LogP contribution in [0.25, 0.3) is 0 Å². The number of aryl methyl sites for hydroxylation is 2. The van der Waals surface area contributed by atoms with Crippen LogP contribution in [-0.2, 0) is 6.61 Å². The lowest BCUT2D eigenvalue weighted by molar-refractivity contribution is 0.147. The van der Waals surface area contributed by atoms with Gasteiger partial charge in [-0.05, 0) is 36.1 Å². The van der Waals surface area contributed by atoms with Gasteiger partial charge in [0.2, 0.25) is 0 Å². The molecule has 1 aliphatic heterocycles. The lowest BCUT2D eigenvalue weighted by Crippen LogP contribution is -2.45. The van der Waals surface area contributed by atoms with E-state index in [0.717, 1.165) is 54.2 Å². The molecule has 0 aromatic heterocycles. The molecule has 1 atom stereocenters. The van der Waals surface area contributed by atoms with Gasteiger partial charge in [-0.15, -0.1) is 0 Å². The Labute approximate surface area is 149 Å². The largest absolute Gasteiger partial charge is 0.488 e. The maximum absolute atomic E-state index is 13.8. The molecule has 1 fully saturated rings. The molecule has 134 valence electrons. The van der Waals surface area contributed by atoms with Gasteiger partial charge in [0.1, 0.15) is 19.0 Å². The lowest BCUT2D eigenvalue weighted by atomic mass is 9.99. The van der Waals surface area contributed by atoms with Crippen LogP contribution in [0.2, 0.25) is 0 Å². The molecule has 4 heteroatoms. The Balaban J connectivity index is 1.76. The van der Waals surface area contributed by atoms with E-state index in [0.29, 0.717) is 6.61 Å². The number of nitrogens with one attached hydrogen (secondary N) is 1. The van der Waals surface area contributed by atoms with Gasteiger partial charge in [-0.25, -0.2) is 4.39 Å². The highest BCUT2D eigenvalue weighted by Gasteiger charge is 2.23. The predicted molar refractivity (Wildman–Crippen MR) is 99.8 cm³/mol. The van der Waals surface area contributed by atoms with Gasteiger partial charge in [0, 0.05) is 26.2 Å². The summed E-state index contributed by atoms with van der Waals surface area (Å²) in [5, 5.41) is 3.33. The third-order valence-corrected chi connectivity index (χ3v) is 4.83. The van der Waals surface area contributed by atoms with Crippen molar-refractivity contribution in [3.8, 4) is 5.75 Å². The van der Waals surface area contributed by atoms with E-state index in [9.17, 15) is 4.39 Å². The van der Waals surface area contributed by atoms with E-state index in [1.165, 1.54) is 0 Å². The Morgan fingerprint density at radius 3 is 2.32 bits per heavy atom. The number of benzene rings is 2. The summed E-state index contributed by atoms with van der Waals surface area (Å²) >= 11 is 0. The number of hydrogen-bond acceptors (Lipinski definition) is 3. The molecular weight excluding hydrogens is 315 g/mol. The highest BCUT2D eigenvalue weighted by atomic mass is 19.1. The summed E-state index contributed by atoms with van der Waals surface area (Å²) < 4.78 is 19.8. The first-order chi connectivity index (χ1) is 12.2. The second kappa shape index (κ2) is 8.45. The molecule has 1 aliphatic rings. The van der Waals surface area contributed by atoms with Crippen molar-refractivity contribution >= 4 is 0 Å². The van der Waals surface area contributed by atoms with Crippen LogP contribution in [0.5, 0.6) is 5.75 Å². The molecule has 0 unspecified atom stereocenters. The van der Waals surface area contributed by atoms with E-state index >= 15 is 0 Å². The second-order valence-electron chi connectivity index (χ2n) is 6.71. The average Bonchev–Trinajstić information content (AvgIpc) is 2.63. The van der Waals surface area contributed by atoms with Gasteiger partial charge in [0.25, 0.3) is 0 Å². The van der Waals surface area contributed by atoms with Gasteiger partial charge in [-0.3, -0.25) is 4.90 Å². The smallest absolute Gasteiger partial charge is 0.125 e. The Morgan fingerprint density at radius 1 is 1.08 bits per heavy atom. The lowest BCUT2D eigenvalue weighted by Gasteiger charge is -2.34. The standard InChI is InChI=1S/C21H27FN2O/c1-16-12-19(20(14-22)24-10-8-23-9-11-24)13-17(2)21(16)25-15-18-6-4-3-5-7-18/h3-7,12-13,20,23H,8-11,14-15H2,1-2H3/t20-/m0/s1. The Bertz CT molecular complexity index is 661. The van der Waals surface area contributed by atoms with E-state index in [2.05, 4.69) is 34.5 Å². The van der Waals surface area contributed by atoms with E-state index in [-0.39, 0.29) is 12.7 Å². The maximum atomic E-state index is 13.8. The molecule has 2 aromatic carbocycles. The number of rotatable bonds is 6. The van der Waals surface area contributed by atoms with Crippen LogP contribution in [0.3, 0.4) is 0 Å². The van der Waals surface area contributed by atoms with Crippen molar-refractivity contribution in [3.05, 3.63) is 64.7 Å². The zero-order chi connectivity index (χ0) is 17.6. The minimum absolute atomic E-state index is 0.164. The summed E-state index contributed by atoms with van der Waals surface area (Å²) in [5.74, 6) is 0.908. The monoisotopic (exact) mass is 342 g/mol. The molecule has 0 radical (unpaired) electrons. The van der Waals surface area contributed by atoms with Crippen molar-refractivity contribution in [1.29, 1.82) is 0 Å². The Hall–Kier alpha value is -1.91. The minimum Gasteiger partial charge on any atom is -0.488 e. The zero-order valence-corrected chi connectivity index (χ0v) is 15.1. The van der Waals surface area contributed by atoms with E-state index in [1.807, 2.05) is 32.0 Å². The van der Waals surface area contributed by atoms with Crippen molar-refractivity contribution in [2.75, 3.05) is 32.9 Å². The third-order valence-electron chi connectivity index (χ3n) is 4.83. The third kappa shape index (κ3) is 4.39. The summed E-state index contributed by atoms with van der Waals surface area (Å²) in [4.78, 5) is 2.23. The van der Waals surface area contributed by atoms with Crippen molar-refractivity contribution in [2.45, 2.75) is 26.5 Å². The highest BCUT2D eigenvalue weighted by Crippen LogP contribution is 2.31. The van der Waals surface area contributed by atoms with Crippen molar-refractivity contribution in [1.82, 2.24) is 10.2 Å². The van der Waals surface area contributed by atoms with Crippen molar-refractivity contribution in [2.24, 2.45) is 0 Å². The van der Waals surface area contributed by atoms with Gasteiger partial charge in [-0.1, -0.05) is 42.5 Å². The van der Waals surface area contributed by atoms with E-state index in [4.69, 9.17) is 4.74 Å². The molecule has 0 saturated carbocycles. The fourth-order valence-electron chi connectivity index (χ4n) is 3.52. The van der Waals surface area contributed by atoms with Crippen LogP contribution < -0.4 is 10.1 Å². The average molecular weight is 342 g/mol. The first-order valence-electron chi connectivity index (χ1n) is 8.97. The van der Waals surface area contributed by atoms with E-state index in [1.54, 1.807) is 0 Å². The van der Waals surface area contributed by atoms with Crippen LogP contribution in [0, 0.1) is 13.8 Å². The number of alkyl halides is 1. The van der Waals surface area contributed by atoms with Crippen molar-refractivity contribution in [3.63, 3.8) is 0 Å². The predicted octanol–water partition coefficient (Wildman–Crippen LogP) is 3.80. The highest BCUT2D eigenvalue weighted by molar-refractivity contribution is 5.44. The first-order valence-corrected chi connectivity index (χ1v) is 8.97. The number of piperazine rings is 1. The van der Waals surface area contributed by atoms with E-state index < -0.39 is 0 Å². The summed E-state index contributed by atoms with van der Waals surface area (Å²) in [7, 11) is 0. The fraction of sp³-hybridized carbons (Fsp3) is 0.429. The van der Waals surface area contributed by atoms with Gasteiger partial charge in [-0.2, -0.15) is 0 Å². The first kappa shape index (κ1) is 17.9. The number of halogens is 1. The molecule has 1 N–H and O–H groups in total. The maximum Gasteiger partial charge on any atom is 0.125 e. The molecule has 3 nitrogen and oxygen atoms in total. The molecule has 1 saturated heterocycles. The van der Waals surface area contributed by atoms with Crippen LogP contribution in [-0.4, -0.2) is 37.8 Å². The van der Waals surface area contributed by atoms with Crippen LogP contribution in [0.4, 0.5) is 4.39 Å². The Morgan fingerprint density at radius 2 is 1.72 bits per heavy atom. The molecule has 0 aliphatic carbocycles. The van der Waals surface area contributed by atoms with Gasteiger partial charge < -0.3 is 10.1 Å². The quantitative estimate of drug-likeness (QED) is 0.864. The summed E-state index contributed by atoms with van der Waals surface area (Å²) in [5.41, 5.74) is 4.33. The summed E-state index contributed by atoms with van der Waals surface area (Å²) in [6, 6.07) is 14.1. The van der Waals surface area contributed by atoms with Crippen molar-refractivity contribution < 1.29 is 9.13 Å². The normalized spacial score (nSPS) is 16.6. The van der Waals surface area contributed by atoms with Gasteiger partial charge >= 0.3 is 0 Å². The molecule has 0 spiro atoms. The second-order valence-corrected chi connectivity index (χ2v) is 6.71. The Kier molecular flexibility index (Phi) is 6.05. The molecule has 3 rings (SSSR count). The molecule has 0 amide bonds. The fourth-order valence-corrected chi connectivity index (χ4v) is 3.52. The number of hydrogen-bond donors (Lipinski definition) is 1. The summed E-state index contributed by atoms with van der Waals surface area (Å²) in [6.45, 7) is 7.90. The van der Waals surface area contributed by atoms with Gasteiger partial charge in [0.05, 0.1) is 6.04 Å². The summed E-state index contributed by atoms with van der Waals surface area (Å²) in [6.07, 6.45) is 0. The molecule has 2 aromatic rings. The molecule has 0 bridgehead atoms. The minimum atomic E-state index is -0.358. The van der Waals surface area contributed by atoms with Gasteiger partial charge in [0.15, 0.2) is 0 Å². The van der Waals surface area contributed by atoms with Crippen LogP contribution >= 0.6 is 0 Å². The van der Waals surface area contributed by atoms with Crippen LogP contribution in [0.15, 0.2) is 42.5 Å². The topological polar surface area (TPSA) is 24.5 Å². The zero-order valence-electron chi connectivity index (χ0n) is 15.1.